The summed E-state index contributed by atoms with van der Waals surface area (Å²) in [7, 11) is 0. The molecule has 1 heteroatoms. The fraction of sp³-hybridized carbons (Fsp3) is 0.778. The van der Waals surface area contributed by atoms with Gasteiger partial charge in [-0.15, -0.1) is 0 Å². The van der Waals surface area contributed by atoms with Crippen LogP contribution in [0.3, 0.4) is 0 Å². The molecule has 0 aromatic rings. The van der Waals surface area contributed by atoms with E-state index in [1.54, 1.807) is 5.57 Å². The maximum Gasteiger partial charge on any atom is -0.00115 e. The van der Waals surface area contributed by atoms with E-state index in [4.69, 9.17) is 0 Å². The summed E-state index contributed by atoms with van der Waals surface area (Å²) in [5, 5.41) is 3.37. The minimum absolute atomic E-state index is 0.980. The highest BCUT2D eigenvalue weighted by molar-refractivity contribution is 5.10. The molecule has 2 aliphatic rings. The van der Waals surface area contributed by atoms with E-state index in [1.807, 2.05) is 0 Å². The average molecular weight is 137 g/mol. The average Bonchev–Trinajstić information content (AvgIpc) is 2.74. The zero-order chi connectivity index (χ0) is 6.81. The number of rotatable bonds is 1. The second-order valence-corrected chi connectivity index (χ2v) is 3.41. The Morgan fingerprint density at radius 2 is 1.90 bits per heavy atom. The zero-order valence-corrected chi connectivity index (χ0v) is 6.40. The molecule has 2 fully saturated rings. The van der Waals surface area contributed by atoms with Crippen LogP contribution >= 0.6 is 0 Å². The summed E-state index contributed by atoms with van der Waals surface area (Å²) in [6.07, 6.45) is 8.03. The van der Waals surface area contributed by atoms with Crippen molar-refractivity contribution in [2.75, 3.05) is 13.1 Å². The third kappa shape index (κ3) is 1.60. The Balaban J connectivity index is 1.88. The summed E-state index contributed by atoms with van der Waals surface area (Å²) in [6, 6.07) is 0. The summed E-state index contributed by atoms with van der Waals surface area (Å²) >= 11 is 0. The minimum Gasteiger partial charge on any atom is -0.316 e. The molecule has 0 bridgehead atoms. The molecule has 1 aliphatic carbocycles. The van der Waals surface area contributed by atoms with Gasteiger partial charge in [-0.25, -0.2) is 0 Å². The monoisotopic (exact) mass is 137 g/mol. The third-order valence-electron chi connectivity index (χ3n) is 2.34. The van der Waals surface area contributed by atoms with Crippen LogP contribution in [0.1, 0.15) is 25.7 Å². The number of hydrogen-bond acceptors (Lipinski definition) is 1. The minimum atomic E-state index is 0.980. The van der Waals surface area contributed by atoms with E-state index in [0.717, 1.165) is 5.92 Å². The number of nitrogens with one attached hydrogen (secondary N) is 1. The van der Waals surface area contributed by atoms with Gasteiger partial charge in [-0.05, 0) is 44.7 Å². The summed E-state index contributed by atoms with van der Waals surface area (Å²) in [5.41, 5.74) is 1.71. The van der Waals surface area contributed by atoms with Crippen molar-refractivity contribution in [1.82, 2.24) is 5.32 Å². The quantitative estimate of drug-likeness (QED) is 0.542. The Labute approximate surface area is 62.5 Å². The van der Waals surface area contributed by atoms with E-state index in [-0.39, 0.29) is 0 Å². The fourth-order valence-electron chi connectivity index (χ4n) is 1.51. The van der Waals surface area contributed by atoms with Gasteiger partial charge in [-0.2, -0.15) is 0 Å². The van der Waals surface area contributed by atoms with Gasteiger partial charge in [0, 0.05) is 0 Å². The van der Waals surface area contributed by atoms with Crippen LogP contribution in [0.5, 0.6) is 0 Å². The van der Waals surface area contributed by atoms with Crippen LogP contribution < -0.4 is 5.32 Å². The molecule has 0 unspecified atom stereocenters. The Kier molecular flexibility index (Phi) is 1.76. The van der Waals surface area contributed by atoms with E-state index in [1.165, 1.54) is 38.8 Å². The van der Waals surface area contributed by atoms with Crippen LogP contribution in [-0.2, 0) is 0 Å². The first-order valence-electron chi connectivity index (χ1n) is 4.35. The van der Waals surface area contributed by atoms with Crippen LogP contribution in [0.25, 0.3) is 0 Å². The first-order chi connectivity index (χ1) is 4.95. The van der Waals surface area contributed by atoms with Crippen LogP contribution in [0.4, 0.5) is 0 Å². The van der Waals surface area contributed by atoms with Crippen molar-refractivity contribution in [2.45, 2.75) is 25.7 Å². The van der Waals surface area contributed by atoms with Gasteiger partial charge < -0.3 is 5.32 Å². The highest BCUT2D eigenvalue weighted by Gasteiger charge is 2.19. The van der Waals surface area contributed by atoms with Crippen molar-refractivity contribution in [1.29, 1.82) is 0 Å². The van der Waals surface area contributed by atoms with Crippen molar-refractivity contribution in [3.8, 4) is 0 Å². The standard InChI is InChI=1S/C9H15N/c1-2-8(1)7-9-3-5-10-6-4-9/h7-8,10H,1-6H2. The molecule has 0 radical (unpaired) electrons. The second-order valence-electron chi connectivity index (χ2n) is 3.41. The number of piperidine rings is 1. The van der Waals surface area contributed by atoms with Gasteiger partial charge in [-0.1, -0.05) is 11.6 Å². The van der Waals surface area contributed by atoms with Crippen molar-refractivity contribution in [3.63, 3.8) is 0 Å². The van der Waals surface area contributed by atoms with Gasteiger partial charge in [0.25, 0.3) is 0 Å². The van der Waals surface area contributed by atoms with Crippen LogP contribution in [-0.4, -0.2) is 13.1 Å². The maximum atomic E-state index is 3.37. The lowest BCUT2D eigenvalue weighted by Crippen LogP contribution is -2.23. The summed E-state index contributed by atoms with van der Waals surface area (Å²) in [6.45, 7) is 2.41. The van der Waals surface area contributed by atoms with Gasteiger partial charge in [0.15, 0.2) is 0 Å². The zero-order valence-electron chi connectivity index (χ0n) is 6.40. The van der Waals surface area contributed by atoms with Gasteiger partial charge >= 0.3 is 0 Å². The largest absolute Gasteiger partial charge is 0.316 e. The van der Waals surface area contributed by atoms with E-state index >= 15 is 0 Å². The lowest BCUT2D eigenvalue weighted by molar-refractivity contribution is 0.606. The van der Waals surface area contributed by atoms with E-state index in [2.05, 4.69) is 11.4 Å². The van der Waals surface area contributed by atoms with Gasteiger partial charge in [0.2, 0.25) is 0 Å². The molecule has 1 nitrogen and oxygen atoms in total. The molecule has 0 atom stereocenters. The topological polar surface area (TPSA) is 12.0 Å². The first kappa shape index (κ1) is 6.41. The molecule has 1 saturated heterocycles. The summed E-state index contributed by atoms with van der Waals surface area (Å²) < 4.78 is 0. The SMILES string of the molecule is C(=C1CCNCC1)C1CC1. The molecular weight excluding hydrogens is 122 g/mol. The predicted molar refractivity (Wildman–Crippen MR) is 42.9 cm³/mol. The molecule has 1 aliphatic heterocycles. The number of allylic oxidation sites excluding steroid dienone is 1. The second kappa shape index (κ2) is 2.75. The van der Waals surface area contributed by atoms with Crippen molar-refractivity contribution >= 4 is 0 Å². The Morgan fingerprint density at radius 3 is 2.50 bits per heavy atom. The molecule has 0 aromatic carbocycles. The molecule has 0 amide bonds. The summed E-state index contributed by atoms with van der Waals surface area (Å²) in [5.74, 6) is 0.980. The van der Waals surface area contributed by atoms with Crippen LogP contribution in [0.15, 0.2) is 11.6 Å². The highest BCUT2D eigenvalue weighted by atomic mass is 14.9. The van der Waals surface area contributed by atoms with Crippen LogP contribution in [0.2, 0.25) is 0 Å². The molecule has 0 spiro atoms. The lowest BCUT2D eigenvalue weighted by atomic mass is 10.0. The van der Waals surface area contributed by atoms with E-state index in [9.17, 15) is 0 Å². The fourth-order valence-corrected chi connectivity index (χ4v) is 1.51. The Morgan fingerprint density at radius 1 is 1.20 bits per heavy atom. The molecule has 1 N–H and O–H groups in total. The Bertz CT molecular complexity index is 137. The smallest absolute Gasteiger partial charge is 0.00115 e. The lowest BCUT2D eigenvalue weighted by Gasteiger charge is -2.14. The third-order valence-corrected chi connectivity index (χ3v) is 2.34. The van der Waals surface area contributed by atoms with Crippen molar-refractivity contribution in [2.24, 2.45) is 5.92 Å². The molecule has 0 aromatic heterocycles. The molecule has 56 valence electrons. The van der Waals surface area contributed by atoms with Crippen molar-refractivity contribution in [3.05, 3.63) is 11.6 Å². The molecule has 1 heterocycles. The first-order valence-corrected chi connectivity index (χ1v) is 4.35. The summed E-state index contributed by atoms with van der Waals surface area (Å²) in [4.78, 5) is 0. The normalized spacial score (nSPS) is 26.6. The molecule has 2 rings (SSSR count). The molecular formula is C9H15N. The van der Waals surface area contributed by atoms with Gasteiger partial charge in [-0.3, -0.25) is 0 Å². The molecule has 10 heavy (non-hydrogen) atoms. The molecule has 1 saturated carbocycles. The van der Waals surface area contributed by atoms with Gasteiger partial charge in [0.05, 0.1) is 0 Å². The van der Waals surface area contributed by atoms with Crippen LogP contribution in [0, 0.1) is 5.92 Å². The van der Waals surface area contributed by atoms with E-state index in [0.29, 0.717) is 0 Å². The van der Waals surface area contributed by atoms with Crippen molar-refractivity contribution < 1.29 is 0 Å². The predicted octanol–water partition coefficient (Wildman–Crippen LogP) is 1.71. The van der Waals surface area contributed by atoms with E-state index < -0.39 is 0 Å². The maximum absolute atomic E-state index is 3.37. The Hall–Kier alpha value is -0.300. The number of hydrogen-bond donors (Lipinski definition) is 1. The van der Waals surface area contributed by atoms with Gasteiger partial charge in [0.1, 0.15) is 0 Å². The highest BCUT2D eigenvalue weighted by Crippen LogP contribution is 2.32.